The Labute approximate surface area is 154 Å². The molecule has 0 radical (unpaired) electrons. The van der Waals surface area contributed by atoms with E-state index in [1.165, 1.54) is 25.7 Å². The third-order valence-electron chi connectivity index (χ3n) is 3.93. The summed E-state index contributed by atoms with van der Waals surface area (Å²) in [7, 11) is 0. The summed E-state index contributed by atoms with van der Waals surface area (Å²) in [5.74, 6) is 2.57. The summed E-state index contributed by atoms with van der Waals surface area (Å²) in [5, 5.41) is 3.44. The van der Waals surface area contributed by atoms with Crippen molar-refractivity contribution in [3.05, 3.63) is 0 Å². The molecule has 1 heterocycles. The van der Waals surface area contributed by atoms with Gasteiger partial charge in [0.25, 0.3) is 0 Å². The van der Waals surface area contributed by atoms with E-state index in [2.05, 4.69) is 37.9 Å². The first-order valence-corrected chi connectivity index (χ1v) is 8.78. The van der Waals surface area contributed by atoms with Crippen LogP contribution in [0.4, 0.5) is 0 Å². The van der Waals surface area contributed by atoms with E-state index in [4.69, 9.17) is 9.73 Å². The van der Waals surface area contributed by atoms with Gasteiger partial charge < -0.3 is 15.0 Å². The molecule has 0 aliphatic carbocycles. The largest absolute Gasteiger partial charge is 0.381 e. The van der Waals surface area contributed by atoms with Crippen LogP contribution in [0.5, 0.6) is 0 Å². The fourth-order valence-electron chi connectivity index (χ4n) is 2.72. The third kappa shape index (κ3) is 9.18. The van der Waals surface area contributed by atoms with Crippen LogP contribution in [0.25, 0.3) is 0 Å². The van der Waals surface area contributed by atoms with E-state index in [0.29, 0.717) is 5.92 Å². The van der Waals surface area contributed by atoms with Crippen LogP contribution in [-0.2, 0) is 4.74 Å². The van der Waals surface area contributed by atoms with E-state index in [1.807, 2.05) is 0 Å². The van der Waals surface area contributed by atoms with Crippen LogP contribution < -0.4 is 5.32 Å². The Hall–Kier alpha value is -0.0400. The average Bonchev–Trinajstić information content (AvgIpc) is 2.92. The number of guanidine groups is 1. The van der Waals surface area contributed by atoms with E-state index < -0.39 is 0 Å². The fourth-order valence-corrected chi connectivity index (χ4v) is 2.72. The predicted molar refractivity (Wildman–Crippen MR) is 106 cm³/mol. The zero-order valence-electron chi connectivity index (χ0n) is 14.9. The molecule has 1 atom stereocenters. The minimum atomic E-state index is 0. The Balaban J connectivity index is 0.00000441. The number of aliphatic imine (C=N–C) groups is 1. The molecule has 0 spiro atoms. The maximum absolute atomic E-state index is 5.55. The van der Waals surface area contributed by atoms with Crippen LogP contribution >= 0.6 is 24.0 Å². The van der Waals surface area contributed by atoms with Crippen LogP contribution in [0.15, 0.2) is 4.99 Å². The van der Waals surface area contributed by atoms with Crippen molar-refractivity contribution in [1.29, 1.82) is 0 Å². The molecular weight excluding hydrogens is 389 g/mol. The first-order valence-electron chi connectivity index (χ1n) is 8.78. The van der Waals surface area contributed by atoms with E-state index in [1.54, 1.807) is 0 Å². The number of rotatable bonds is 9. The summed E-state index contributed by atoms with van der Waals surface area (Å²) in [6, 6.07) is 0. The quantitative estimate of drug-likeness (QED) is 0.265. The lowest BCUT2D eigenvalue weighted by molar-refractivity contribution is 0.114. The number of halogens is 1. The Morgan fingerprint density at radius 3 is 2.73 bits per heavy atom. The normalized spacial score (nSPS) is 18.7. The van der Waals surface area contributed by atoms with Crippen LogP contribution in [0.2, 0.25) is 0 Å². The fraction of sp³-hybridized carbons (Fsp3) is 0.941. The number of likely N-dealkylation sites (tertiary alicyclic amines) is 1. The lowest BCUT2D eigenvalue weighted by Gasteiger charge is -2.21. The second kappa shape index (κ2) is 13.4. The first-order chi connectivity index (χ1) is 10.2. The second-order valence-corrected chi connectivity index (χ2v) is 6.39. The summed E-state index contributed by atoms with van der Waals surface area (Å²) in [4.78, 5) is 7.20. The van der Waals surface area contributed by atoms with Gasteiger partial charge >= 0.3 is 0 Å². The van der Waals surface area contributed by atoms with Crippen LogP contribution in [-0.4, -0.2) is 50.3 Å². The first kappa shape index (κ1) is 22.0. The van der Waals surface area contributed by atoms with Crippen molar-refractivity contribution >= 4 is 29.9 Å². The molecule has 132 valence electrons. The highest BCUT2D eigenvalue weighted by atomic mass is 127. The highest BCUT2D eigenvalue weighted by molar-refractivity contribution is 14.0. The second-order valence-electron chi connectivity index (χ2n) is 6.39. The Kier molecular flexibility index (Phi) is 13.4. The number of hydrogen-bond acceptors (Lipinski definition) is 2. The van der Waals surface area contributed by atoms with E-state index >= 15 is 0 Å². The van der Waals surface area contributed by atoms with Gasteiger partial charge in [-0.2, -0.15) is 0 Å². The van der Waals surface area contributed by atoms with Crippen LogP contribution in [0.3, 0.4) is 0 Å². The van der Waals surface area contributed by atoms with Gasteiger partial charge in [-0.25, -0.2) is 0 Å². The lowest BCUT2D eigenvalue weighted by atomic mass is 10.1. The molecule has 1 fully saturated rings. The maximum atomic E-state index is 5.55. The molecular formula is C17H36IN3O. The Bertz CT molecular complexity index is 298. The molecule has 1 unspecified atom stereocenters. The van der Waals surface area contributed by atoms with Gasteiger partial charge in [0.15, 0.2) is 5.96 Å². The number of nitrogens with zero attached hydrogens (tertiary/aromatic N) is 2. The SMILES string of the molecule is CCNC(=NCCCCC(C)C)N1CCC(COCC)C1.I. The summed E-state index contributed by atoms with van der Waals surface area (Å²) in [6.45, 7) is 14.6. The van der Waals surface area contributed by atoms with Gasteiger partial charge in [0.05, 0.1) is 6.61 Å². The van der Waals surface area contributed by atoms with Crippen molar-refractivity contribution in [1.82, 2.24) is 10.2 Å². The average molecular weight is 425 g/mol. The summed E-state index contributed by atoms with van der Waals surface area (Å²) >= 11 is 0. The highest BCUT2D eigenvalue weighted by Gasteiger charge is 2.24. The van der Waals surface area contributed by atoms with Crippen molar-refractivity contribution in [3.8, 4) is 0 Å². The number of nitrogens with one attached hydrogen (secondary N) is 1. The van der Waals surface area contributed by atoms with E-state index in [-0.39, 0.29) is 24.0 Å². The Morgan fingerprint density at radius 1 is 1.32 bits per heavy atom. The molecule has 0 aromatic rings. The summed E-state index contributed by atoms with van der Waals surface area (Å²) in [6.07, 6.45) is 5.01. The standard InChI is InChI=1S/C17H35N3O.HI/c1-5-18-17(19-11-8-7-9-15(3)4)20-12-10-16(13-20)14-21-6-2;/h15-16H,5-14H2,1-4H3,(H,18,19);1H. The van der Waals surface area contributed by atoms with Crippen molar-refractivity contribution in [2.75, 3.05) is 39.4 Å². The highest BCUT2D eigenvalue weighted by Crippen LogP contribution is 2.16. The number of hydrogen-bond donors (Lipinski definition) is 1. The van der Waals surface area contributed by atoms with Gasteiger partial charge in [-0.15, -0.1) is 24.0 Å². The molecule has 1 rings (SSSR count). The summed E-state index contributed by atoms with van der Waals surface area (Å²) in [5.41, 5.74) is 0. The molecule has 1 N–H and O–H groups in total. The summed E-state index contributed by atoms with van der Waals surface area (Å²) < 4.78 is 5.55. The molecule has 5 heteroatoms. The zero-order valence-corrected chi connectivity index (χ0v) is 17.3. The van der Waals surface area contributed by atoms with Gasteiger partial charge in [-0.05, 0) is 32.6 Å². The minimum Gasteiger partial charge on any atom is -0.381 e. The molecule has 4 nitrogen and oxygen atoms in total. The topological polar surface area (TPSA) is 36.9 Å². The number of ether oxygens (including phenoxy) is 1. The van der Waals surface area contributed by atoms with Gasteiger partial charge in [-0.1, -0.05) is 26.7 Å². The van der Waals surface area contributed by atoms with Crippen molar-refractivity contribution in [2.45, 2.75) is 53.4 Å². The van der Waals surface area contributed by atoms with Crippen LogP contribution in [0, 0.1) is 11.8 Å². The molecule has 1 aliphatic rings. The zero-order chi connectivity index (χ0) is 15.5. The van der Waals surface area contributed by atoms with Gasteiger partial charge in [0.2, 0.25) is 0 Å². The molecule has 1 saturated heterocycles. The molecule has 22 heavy (non-hydrogen) atoms. The van der Waals surface area contributed by atoms with Crippen molar-refractivity contribution < 1.29 is 4.74 Å². The van der Waals surface area contributed by atoms with Gasteiger partial charge in [0.1, 0.15) is 0 Å². The van der Waals surface area contributed by atoms with Gasteiger partial charge in [-0.3, -0.25) is 4.99 Å². The van der Waals surface area contributed by atoms with E-state index in [0.717, 1.165) is 51.3 Å². The molecule has 0 aromatic heterocycles. The molecule has 0 aromatic carbocycles. The third-order valence-corrected chi connectivity index (χ3v) is 3.93. The molecule has 1 aliphatic heterocycles. The lowest BCUT2D eigenvalue weighted by Crippen LogP contribution is -2.40. The van der Waals surface area contributed by atoms with Crippen LogP contribution in [0.1, 0.15) is 53.4 Å². The minimum absolute atomic E-state index is 0. The van der Waals surface area contributed by atoms with Crippen molar-refractivity contribution in [2.24, 2.45) is 16.8 Å². The smallest absolute Gasteiger partial charge is 0.193 e. The maximum Gasteiger partial charge on any atom is 0.193 e. The molecule has 0 bridgehead atoms. The Morgan fingerprint density at radius 2 is 2.09 bits per heavy atom. The molecule has 0 saturated carbocycles. The number of unbranched alkanes of at least 4 members (excludes halogenated alkanes) is 1. The molecule has 0 amide bonds. The monoisotopic (exact) mass is 425 g/mol. The van der Waals surface area contributed by atoms with Gasteiger partial charge in [0, 0.05) is 38.7 Å². The van der Waals surface area contributed by atoms with E-state index in [9.17, 15) is 0 Å². The van der Waals surface area contributed by atoms with Crippen molar-refractivity contribution in [3.63, 3.8) is 0 Å². The predicted octanol–water partition coefficient (Wildman–Crippen LogP) is 3.75.